The number of nitrogens with one attached hydrogen (secondary N) is 1. The van der Waals surface area contributed by atoms with Crippen LogP contribution in [0.3, 0.4) is 0 Å². The fraction of sp³-hybridized carbons (Fsp3) is 0.571. The molecule has 4 nitrogen and oxygen atoms in total. The summed E-state index contributed by atoms with van der Waals surface area (Å²) < 4.78 is 40.3. The molecule has 2 rings (SSSR count). The third-order valence-corrected chi connectivity index (χ3v) is 5.40. The van der Waals surface area contributed by atoms with Gasteiger partial charge in [-0.3, -0.25) is 0 Å². The summed E-state index contributed by atoms with van der Waals surface area (Å²) in [6, 6.07) is 3.62. The highest BCUT2D eigenvalue weighted by Gasteiger charge is 2.23. The zero-order chi connectivity index (χ0) is 14.8. The van der Waals surface area contributed by atoms with E-state index in [2.05, 4.69) is 11.6 Å². The number of nitrogen functional groups attached to an aromatic ring is 1. The van der Waals surface area contributed by atoms with Crippen molar-refractivity contribution in [3.05, 3.63) is 24.0 Å². The average Bonchev–Trinajstić information content (AvgIpc) is 2.37. The molecule has 1 aromatic rings. The largest absolute Gasteiger partial charge is 0.399 e. The second-order valence-corrected chi connectivity index (χ2v) is 7.40. The van der Waals surface area contributed by atoms with Crippen LogP contribution < -0.4 is 10.5 Å². The predicted molar refractivity (Wildman–Crippen MR) is 77.1 cm³/mol. The van der Waals surface area contributed by atoms with E-state index in [0.29, 0.717) is 12.5 Å². The van der Waals surface area contributed by atoms with E-state index in [1.165, 1.54) is 12.1 Å². The zero-order valence-electron chi connectivity index (χ0n) is 11.6. The van der Waals surface area contributed by atoms with Crippen LogP contribution >= 0.6 is 0 Å². The second kappa shape index (κ2) is 6.10. The van der Waals surface area contributed by atoms with Crippen LogP contribution in [0.25, 0.3) is 0 Å². The molecule has 6 heteroatoms. The summed E-state index contributed by atoms with van der Waals surface area (Å²) in [6.45, 7) is 2.59. The van der Waals surface area contributed by atoms with Crippen molar-refractivity contribution in [2.75, 3.05) is 12.3 Å². The quantitative estimate of drug-likeness (QED) is 0.839. The molecule has 3 N–H and O–H groups in total. The molecule has 20 heavy (non-hydrogen) atoms. The fourth-order valence-corrected chi connectivity index (χ4v) is 3.75. The van der Waals surface area contributed by atoms with E-state index in [0.717, 1.165) is 37.7 Å². The van der Waals surface area contributed by atoms with Gasteiger partial charge in [0.2, 0.25) is 10.0 Å². The van der Waals surface area contributed by atoms with Crippen LogP contribution in [0.2, 0.25) is 0 Å². The Hall–Kier alpha value is -1.14. The van der Waals surface area contributed by atoms with Gasteiger partial charge in [0.1, 0.15) is 10.7 Å². The van der Waals surface area contributed by atoms with Crippen LogP contribution in [0.4, 0.5) is 10.1 Å². The second-order valence-electron chi connectivity index (χ2n) is 5.67. The summed E-state index contributed by atoms with van der Waals surface area (Å²) in [6.07, 6.45) is 4.30. The molecule has 0 bridgehead atoms. The van der Waals surface area contributed by atoms with Gasteiger partial charge in [-0.25, -0.2) is 17.5 Å². The molecular weight excluding hydrogens is 279 g/mol. The van der Waals surface area contributed by atoms with Gasteiger partial charge in [0.25, 0.3) is 0 Å². The van der Waals surface area contributed by atoms with Crippen LogP contribution in [0, 0.1) is 17.7 Å². The molecule has 0 atom stereocenters. The molecule has 1 saturated carbocycles. The van der Waals surface area contributed by atoms with Gasteiger partial charge >= 0.3 is 0 Å². The number of hydrogen-bond donors (Lipinski definition) is 2. The molecule has 0 aliphatic heterocycles. The van der Waals surface area contributed by atoms with Crippen LogP contribution in [-0.4, -0.2) is 15.0 Å². The minimum Gasteiger partial charge on any atom is -0.399 e. The van der Waals surface area contributed by atoms with Gasteiger partial charge in [-0.2, -0.15) is 0 Å². The topological polar surface area (TPSA) is 72.2 Å². The van der Waals surface area contributed by atoms with Crippen molar-refractivity contribution in [3.63, 3.8) is 0 Å². The molecule has 0 aromatic heterocycles. The van der Waals surface area contributed by atoms with Crippen molar-refractivity contribution < 1.29 is 12.8 Å². The standard InChI is InChI=1S/C14H21FN2O2S/c1-10-2-4-11(5-3-10)9-17-20(18,19)14-7-6-12(16)8-13(14)15/h6-8,10-11,17H,2-5,9,16H2,1H3. The first-order chi connectivity index (χ1) is 9.38. The molecule has 0 saturated heterocycles. The van der Waals surface area contributed by atoms with E-state index in [9.17, 15) is 12.8 Å². The molecule has 1 fully saturated rings. The first kappa shape index (κ1) is 15.3. The Bertz CT molecular complexity index is 567. The fourth-order valence-electron chi connectivity index (χ4n) is 2.57. The van der Waals surface area contributed by atoms with Gasteiger partial charge in [0.15, 0.2) is 0 Å². The Labute approximate surface area is 119 Å². The number of benzene rings is 1. The molecule has 0 unspecified atom stereocenters. The highest BCUT2D eigenvalue weighted by molar-refractivity contribution is 7.89. The van der Waals surface area contributed by atoms with Gasteiger partial charge in [-0.05, 0) is 42.9 Å². The SMILES string of the molecule is CC1CCC(CNS(=O)(=O)c2ccc(N)cc2F)CC1. The number of nitrogens with two attached hydrogens (primary N) is 1. The Morgan fingerprint density at radius 2 is 1.95 bits per heavy atom. The number of rotatable bonds is 4. The lowest BCUT2D eigenvalue weighted by atomic mass is 9.83. The van der Waals surface area contributed by atoms with Crippen molar-refractivity contribution in [1.82, 2.24) is 4.72 Å². The van der Waals surface area contributed by atoms with Crippen molar-refractivity contribution in [3.8, 4) is 0 Å². The third-order valence-electron chi connectivity index (χ3n) is 3.94. The van der Waals surface area contributed by atoms with Gasteiger partial charge in [0, 0.05) is 12.2 Å². The van der Waals surface area contributed by atoms with Crippen molar-refractivity contribution in [2.24, 2.45) is 11.8 Å². The monoisotopic (exact) mass is 300 g/mol. The van der Waals surface area contributed by atoms with Gasteiger partial charge < -0.3 is 5.73 Å². The molecule has 0 spiro atoms. The first-order valence-electron chi connectivity index (χ1n) is 6.93. The van der Waals surface area contributed by atoms with E-state index < -0.39 is 15.8 Å². The molecule has 1 aromatic carbocycles. The maximum Gasteiger partial charge on any atom is 0.243 e. The highest BCUT2D eigenvalue weighted by Crippen LogP contribution is 2.28. The molecule has 1 aliphatic carbocycles. The first-order valence-corrected chi connectivity index (χ1v) is 8.41. The van der Waals surface area contributed by atoms with Crippen molar-refractivity contribution in [2.45, 2.75) is 37.5 Å². The van der Waals surface area contributed by atoms with Gasteiger partial charge in [0.05, 0.1) is 0 Å². The Morgan fingerprint density at radius 3 is 2.55 bits per heavy atom. The number of anilines is 1. The van der Waals surface area contributed by atoms with Crippen LogP contribution in [0.5, 0.6) is 0 Å². The van der Waals surface area contributed by atoms with E-state index in [-0.39, 0.29) is 10.6 Å². The van der Waals surface area contributed by atoms with Gasteiger partial charge in [-0.1, -0.05) is 19.8 Å². The smallest absolute Gasteiger partial charge is 0.243 e. The van der Waals surface area contributed by atoms with E-state index in [4.69, 9.17) is 5.73 Å². The lowest BCUT2D eigenvalue weighted by molar-refractivity contribution is 0.290. The summed E-state index contributed by atoms with van der Waals surface area (Å²) in [7, 11) is -3.80. The zero-order valence-corrected chi connectivity index (χ0v) is 12.4. The minimum atomic E-state index is -3.80. The molecular formula is C14H21FN2O2S. The predicted octanol–water partition coefficient (Wildman–Crippen LogP) is 2.51. The van der Waals surface area contributed by atoms with E-state index >= 15 is 0 Å². The number of halogens is 1. The normalized spacial score (nSPS) is 23.7. The molecule has 0 heterocycles. The highest BCUT2D eigenvalue weighted by atomic mass is 32.2. The average molecular weight is 300 g/mol. The van der Waals surface area contributed by atoms with E-state index in [1.807, 2.05) is 0 Å². The Morgan fingerprint density at radius 1 is 1.30 bits per heavy atom. The van der Waals surface area contributed by atoms with Crippen LogP contribution in [0.1, 0.15) is 32.6 Å². The molecule has 0 amide bonds. The lowest BCUT2D eigenvalue weighted by Gasteiger charge is -2.26. The number of sulfonamides is 1. The van der Waals surface area contributed by atoms with Crippen LogP contribution in [0.15, 0.2) is 23.1 Å². The third kappa shape index (κ3) is 3.70. The summed E-state index contributed by atoms with van der Waals surface area (Å²) in [5, 5.41) is 0. The number of hydrogen-bond acceptors (Lipinski definition) is 3. The Balaban J connectivity index is 2.00. The summed E-state index contributed by atoms with van der Waals surface area (Å²) in [5.74, 6) is 0.255. The van der Waals surface area contributed by atoms with Crippen molar-refractivity contribution in [1.29, 1.82) is 0 Å². The maximum absolute atomic E-state index is 13.7. The van der Waals surface area contributed by atoms with Gasteiger partial charge in [-0.15, -0.1) is 0 Å². The van der Waals surface area contributed by atoms with E-state index in [1.54, 1.807) is 0 Å². The molecule has 112 valence electrons. The maximum atomic E-state index is 13.7. The van der Waals surface area contributed by atoms with Crippen molar-refractivity contribution >= 4 is 15.7 Å². The molecule has 0 radical (unpaired) electrons. The summed E-state index contributed by atoms with van der Waals surface area (Å²) in [5.41, 5.74) is 5.63. The lowest BCUT2D eigenvalue weighted by Crippen LogP contribution is -2.31. The minimum absolute atomic E-state index is 0.211. The Kier molecular flexibility index (Phi) is 4.65. The van der Waals surface area contributed by atoms with Crippen LogP contribution in [-0.2, 0) is 10.0 Å². The summed E-state index contributed by atoms with van der Waals surface area (Å²) in [4.78, 5) is -0.337. The summed E-state index contributed by atoms with van der Waals surface area (Å²) >= 11 is 0. The molecule has 1 aliphatic rings.